The molecule has 3 aromatic rings. The largest absolute Gasteiger partial charge is 0.497 e. The number of hydrogen-bond donors (Lipinski definition) is 0. The minimum Gasteiger partial charge on any atom is -0.497 e. The third kappa shape index (κ3) is 3.85. The predicted molar refractivity (Wildman–Crippen MR) is 118 cm³/mol. The maximum atomic E-state index is 5.64. The highest BCUT2D eigenvalue weighted by Crippen LogP contribution is 2.34. The maximum absolute atomic E-state index is 5.64. The molecule has 0 aliphatic heterocycles. The van der Waals surface area contributed by atoms with E-state index in [-0.39, 0.29) is 0 Å². The fourth-order valence-corrected chi connectivity index (χ4v) is 4.55. The van der Waals surface area contributed by atoms with Gasteiger partial charge in [-0.05, 0) is 43.9 Å². The number of fused-ring (bicyclic) bond motifs is 1. The van der Waals surface area contributed by atoms with E-state index in [1.54, 1.807) is 25.6 Å². The number of aryl methyl sites for hydroxylation is 1. The average Bonchev–Trinajstić information content (AvgIpc) is 3.15. The van der Waals surface area contributed by atoms with E-state index in [1.807, 2.05) is 29.8 Å². The molecule has 6 heteroatoms. The summed E-state index contributed by atoms with van der Waals surface area (Å²) in [5, 5.41) is 7.19. The number of ether oxygens (including phenoxy) is 2. The number of benzene rings is 2. The van der Waals surface area contributed by atoms with Crippen LogP contribution in [0, 0.1) is 0 Å². The lowest BCUT2D eigenvalue weighted by Crippen LogP contribution is -2.18. The summed E-state index contributed by atoms with van der Waals surface area (Å²) in [7, 11) is 3.33. The van der Waals surface area contributed by atoms with Crippen LogP contribution in [-0.2, 0) is 6.42 Å². The van der Waals surface area contributed by atoms with Crippen molar-refractivity contribution in [1.82, 2.24) is 4.68 Å². The summed E-state index contributed by atoms with van der Waals surface area (Å²) < 4.78 is 13.0. The van der Waals surface area contributed by atoms with Gasteiger partial charge in [0.2, 0.25) is 4.80 Å². The smallest absolute Gasteiger partial charge is 0.206 e. The zero-order valence-electron chi connectivity index (χ0n) is 17.0. The quantitative estimate of drug-likeness (QED) is 0.613. The van der Waals surface area contributed by atoms with Crippen molar-refractivity contribution in [2.75, 3.05) is 20.8 Å². The third-order valence-electron chi connectivity index (χ3n) is 5.07. The lowest BCUT2D eigenvalue weighted by Gasteiger charge is -2.18. The van der Waals surface area contributed by atoms with E-state index >= 15 is 0 Å². The Bertz CT molecular complexity index is 1110. The van der Waals surface area contributed by atoms with Crippen LogP contribution in [0.1, 0.15) is 30.9 Å². The van der Waals surface area contributed by atoms with Crippen LogP contribution in [0.3, 0.4) is 0 Å². The zero-order chi connectivity index (χ0) is 20.2. The lowest BCUT2D eigenvalue weighted by molar-refractivity contribution is 0.395. The molecule has 0 saturated heterocycles. The summed E-state index contributed by atoms with van der Waals surface area (Å²) in [6.45, 7) is 2.75. The van der Waals surface area contributed by atoms with Gasteiger partial charge in [-0.1, -0.05) is 24.3 Å². The molecule has 0 saturated carbocycles. The minimum atomic E-state index is 0.709. The van der Waals surface area contributed by atoms with Crippen LogP contribution < -0.4 is 14.3 Å². The van der Waals surface area contributed by atoms with Gasteiger partial charge in [0.25, 0.3) is 0 Å². The third-order valence-corrected chi connectivity index (χ3v) is 5.93. The van der Waals surface area contributed by atoms with E-state index in [1.165, 1.54) is 11.1 Å². The molecule has 150 valence electrons. The normalized spacial score (nSPS) is 15.4. The van der Waals surface area contributed by atoms with Gasteiger partial charge in [0.1, 0.15) is 11.5 Å². The molecule has 0 fully saturated rings. The molecule has 1 heterocycles. The molecule has 0 amide bonds. The van der Waals surface area contributed by atoms with E-state index in [0.717, 1.165) is 52.5 Å². The van der Waals surface area contributed by atoms with Crippen molar-refractivity contribution < 1.29 is 9.47 Å². The van der Waals surface area contributed by atoms with Gasteiger partial charge in [-0.25, -0.2) is 4.68 Å². The van der Waals surface area contributed by atoms with Gasteiger partial charge in [0.05, 0.1) is 25.6 Å². The minimum absolute atomic E-state index is 0.709. The molecule has 1 aromatic heterocycles. The van der Waals surface area contributed by atoms with Crippen molar-refractivity contribution in [3.8, 4) is 22.8 Å². The van der Waals surface area contributed by atoms with Crippen LogP contribution in [0.15, 0.2) is 57.9 Å². The Hall–Kier alpha value is -2.86. The Morgan fingerprint density at radius 3 is 2.69 bits per heavy atom. The first kappa shape index (κ1) is 19.5. The molecule has 0 spiro atoms. The predicted octanol–water partition coefficient (Wildman–Crippen LogP) is 4.74. The highest BCUT2D eigenvalue weighted by Gasteiger charge is 2.18. The number of rotatable bonds is 5. The Morgan fingerprint density at radius 1 is 1.03 bits per heavy atom. The summed E-state index contributed by atoms with van der Waals surface area (Å²) in [5.74, 6) is 1.52. The van der Waals surface area contributed by atoms with Crippen LogP contribution >= 0.6 is 11.3 Å². The summed E-state index contributed by atoms with van der Waals surface area (Å²) in [6.07, 6.45) is 3.18. The highest BCUT2D eigenvalue weighted by atomic mass is 32.1. The molecule has 5 nitrogen and oxygen atoms in total. The topological polar surface area (TPSA) is 48.1 Å². The fourth-order valence-electron chi connectivity index (χ4n) is 3.66. The van der Waals surface area contributed by atoms with E-state index in [0.29, 0.717) is 6.54 Å². The second-order valence-corrected chi connectivity index (χ2v) is 7.65. The molecule has 0 unspecified atom stereocenters. The van der Waals surface area contributed by atoms with Crippen molar-refractivity contribution in [2.45, 2.75) is 26.2 Å². The van der Waals surface area contributed by atoms with Gasteiger partial charge >= 0.3 is 0 Å². The molecule has 0 bridgehead atoms. The average molecular weight is 408 g/mol. The Kier molecular flexibility index (Phi) is 5.81. The SMILES string of the molecule is CCN=c1scc(-c2ccc(OC)cc2OC)n1N=C1CCCc2ccccc21. The molecular weight excluding hydrogens is 382 g/mol. The summed E-state index contributed by atoms with van der Waals surface area (Å²) in [4.78, 5) is 5.56. The van der Waals surface area contributed by atoms with Crippen molar-refractivity contribution >= 4 is 17.0 Å². The molecule has 1 aliphatic rings. The monoisotopic (exact) mass is 407 g/mol. The van der Waals surface area contributed by atoms with Gasteiger partial charge < -0.3 is 9.47 Å². The van der Waals surface area contributed by atoms with E-state index < -0.39 is 0 Å². The van der Waals surface area contributed by atoms with Gasteiger partial charge in [-0.15, -0.1) is 11.3 Å². The molecule has 2 aromatic carbocycles. The van der Waals surface area contributed by atoms with Crippen molar-refractivity contribution in [1.29, 1.82) is 0 Å². The molecule has 0 radical (unpaired) electrons. The second-order valence-electron chi connectivity index (χ2n) is 6.81. The number of methoxy groups -OCH3 is 2. The summed E-state index contributed by atoms with van der Waals surface area (Å²) >= 11 is 1.60. The Balaban J connectivity index is 1.90. The lowest BCUT2D eigenvalue weighted by atomic mass is 9.90. The second kappa shape index (κ2) is 8.66. The molecular formula is C23H25N3O2S. The van der Waals surface area contributed by atoms with Gasteiger partial charge in [-0.3, -0.25) is 4.99 Å². The molecule has 0 N–H and O–H groups in total. The standard InChI is InChI=1S/C23H25N3O2S/c1-4-24-23-26(25-20-11-7-9-16-8-5-6-10-18(16)20)21(15-29-23)19-13-12-17(27-2)14-22(19)28-3/h5-6,8,10,12-15H,4,7,9,11H2,1-3H3. The van der Waals surface area contributed by atoms with E-state index in [4.69, 9.17) is 14.6 Å². The number of nitrogens with zero attached hydrogens (tertiary/aromatic N) is 3. The molecule has 1 aliphatic carbocycles. The molecule has 29 heavy (non-hydrogen) atoms. The number of hydrogen-bond acceptors (Lipinski definition) is 5. The molecule has 4 rings (SSSR count). The first-order valence-electron chi connectivity index (χ1n) is 9.84. The van der Waals surface area contributed by atoms with Crippen molar-refractivity contribution in [3.63, 3.8) is 0 Å². The Morgan fingerprint density at radius 2 is 1.90 bits per heavy atom. The van der Waals surface area contributed by atoms with E-state index in [2.05, 4.69) is 34.6 Å². The van der Waals surface area contributed by atoms with Crippen LogP contribution in [0.4, 0.5) is 0 Å². The Labute approximate surface area is 175 Å². The number of thiazole rings is 1. The van der Waals surface area contributed by atoms with Gasteiger partial charge in [0.15, 0.2) is 0 Å². The first-order chi connectivity index (χ1) is 14.2. The van der Waals surface area contributed by atoms with E-state index in [9.17, 15) is 0 Å². The number of aromatic nitrogens is 1. The van der Waals surface area contributed by atoms with Crippen molar-refractivity contribution in [2.24, 2.45) is 10.1 Å². The highest BCUT2D eigenvalue weighted by molar-refractivity contribution is 7.07. The van der Waals surface area contributed by atoms with Gasteiger partial charge in [-0.2, -0.15) is 5.10 Å². The van der Waals surface area contributed by atoms with Crippen LogP contribution in [0.5, 0.6) is 11.5 Å². The zero-order valence-corrected chi connectivity index (χ0v) is 17.8. The van der Waals surface area contributed by atoms with Crippen LogP contribution in [0.2, 0.25) is 0 Å². The van der Waals surface area contributed by atoms with Crippen LogP contribution in [-0.4, -0.2) is 31.2 Å². The first-order valence-corrected chi connectivity index (χ1v) is 10.7. The summed E-state index contributed by atoms with van der Waals surface area (Å²) in [5.41, 5.74) is 5.66. The summed E-state index contributed by atoms with van der Waals surface area (Å²) in [6, 6.07) is 14.4. The maximum Gasteiger partial charge on any atom is 0.206 e. The van der Waals surface area contributed by atoms with Crippen LogP contribution in [0.25, 0.3) is 11.3 Å². The molecule has 0 atom stereocenters. The fraction of sp³-hybridized carbons (Fsp3) is 0.304. The van der Waals surface area contributed by atoms with Crippen molar-refractivity contribution in [3.05, 3.63) is 63.8 Å². The van der Waals surface area contributed by atoms with Gasteiger partial charge in [0, 0.05) is 29.1 Å².